The molecule has 2 heteroatoms. The molecule has 0 spiro atoms. The van der Waals surface area contributed by atoms with Gasteiger partial charge in [-0.25, -0.2) is 0 Å². The second-order valence-electron chi connectivity index (χ2n) is 2.90. The van der Waals surface area contributed by atoms with Crippen molar-refractivity contribution in [2.45, 2.75) is 31.8 Å². The summed E-state index contributed by atoms with van der Waals surface area (Å²) in [4.78, 5) is 0. The van der Waals surface area contributed by atoms with Gasteiger partial charge in [-0.2, -0.15) is 0 Å². The topological polar surface area (TPSA) is 18.5 Å². The van der Waals surface area contributed by atoms with Crippen molar-refractivity contribution >= 4 is 0 Å². The van der Waals surface area contributed by atoms with Gasteiger partial charge in [0.1, 0.15) is 0 Å². The van der Waals surface area contributed by atoms with Crippen molar-refractivity contribution in [3.63, 3.8) is 0 Å². The van der Waals surface area contributed by atoms with E-state index in [1.54, 1.807) is 7.11 Å². The molecule has 60 valence electrons. The Morgan fingerprint density at radius 3 is 2.70 bits per heavy atom. The first-order valence-corrected chi connectivity index (χ1v) is 3.96. The summed E-state index contributed by atoms with van der Waals surface area (Å²) >= 11 is 0. The van der Waals surface area contributed by atoms with Crippen LogP contribution in [0.4, 0.5) is 0 Å². The van der Waals surface area contributed by atoms with E-state index in [0.717, 1.165) is 32.5 Å². The van der Waals surface area contributed by atoms with E-state index in [2.05, 4.69) is 6.92 Å². The lowest BCUT2D eigenvalue weighted by molar-refractivity contribution is -0.111. The molecule has 0 amide bonds. The van der Waals surface area contributed by atoms with E-state index in [1.807, 2.05) is 0 Å². The predicted molar refractivity (Wildman–Crippen MR) is 40.1 cm³/mol. The van der Waals surface area contributed by atoms with Gasteiger partial charge in [-0.05, 0) is 19.3 Å². The van der Waals surface area contributed by atoms with E-state index in [-0.39, 0.29) is 5.60 Å². The van der Waals surface area contributed by atoms with Crippen LogP contribution in [-0.4, -0.2) is 25.9 Å². The summed E-state index contributed by atoms with van der Waals surface area (Å²) < 4.78 is 10.7. The van der Waals surface area contributed by atoms with Gasteiger partial charge in [-0.15, -0.1) is 0 Å². The molecule has 0 radical (unpaired) electrons. The number of ether oxygens (including phenoxy) is 2. The second kappa shape index (κ2) is 3.35. The van der Waals surface area contributed by atoms with Crippen LogP contribution in [0, 0.1) is 0 Å². The highest BCUT2D eigenvalue weighted by atomic mass is 16.5. The summed E-state index contributed by atoms with van der Waals surface area (Å²) in [5.41, 5.74) is 0.0399. The minimum Gasteiger partial charge on any atom is -0.378 e. The van der Waals surface area contributed by atoms with Crippen molar-refractivity contribution < 1.29 is 9.47 Å². The Morgan fingerprint density at radius 1 is 1.60 bits per heavy atom. The standard InChI is InChI=1S/C8H16O2/c1-3-8(9-2)5-4-6-10-7-8/h3-7H2,1-2H3. The molecule has 0 aromatic carbocycles. The molecule has 1 aliphatic heterocycles. The second-order valence-corrected chi connectivity index (χ2v) is 2.90. The van der Waals surface area contributed by atoms with Crippen LogP contribution >= 0.6 is 0 Å². The van der Waals surface area contributed by atoms with E-state index in [9.17, 15) is 0 Å². The first kappa shape index (κ1) is 8.02. The Bertz CT molecular complexity index is 89.4. The number of methoxy groups -OCH3 is 1. The molecule has 0 N–H and O–H groups in total. The van der Waals surface area contributed by atoms with Crippen LogP contribution in [0.2, 0.25) is 0 Å². The zero-order valence-corrected chi connectivity index (χ0v) is 6.85. The van der Waals surface area contributed by atoms with Gasteiger partial charge in [-0.3, -0.25) is 0 Å². The molecular formula is C8H16O2. The third kappa shape index (κ3) is 1.50. The van der Waals surface area contributed by atoms with Crippen LogP contribution in [0.25, 0.3) is 0 Å². The van der Waals surface area contributed by atoms with Gasteiger partial charge < -0.3 is 9.47 Å². The van der Waals surface area contributed by atoms with Crippen molar-refractivity contribution in [3.8, 4) is 0 Å². The molecule has 1 unspecified atom stereocenters. The van der Waals surface area contributed by atoms with Gasteiger partial charge in [0.25, 0.3) is 0 Å². The fraction of sp³-hybridized carbons (Fsp3) is 1.00. The Balaban J connectivity index is 2.44. The van der Waals surface area contributed by atoms with E-state index in [0.29, 0.717) is 0 Å². The summed E-state index contributed by atoms with van der Waals surface area (Å²) in [7, 11) is 1.78. The van der Waals surface area contributed by atoms with Crippen molar-refractivity contribution in [2.75, 3.05) is 20.3 Å². The zero-order valence-electron chi connectivity index (χ0n) is 6.85. The molecule has 0 aliphatic carbocycles. The normalized spacial score (nSPS) is 34.2. The molecule has 10 heavy (non-hydrogen) atoms. The van der Waals surface area contributed by atoms with E-state index < -0.39 is 0 Å². The Labute approximate surface area is 62.5 Å². The van der Waals surface area contributed by atoms with Gasteiger partial charge in [0.05, 0.1) is 12.2 Å². The van der Waals surface area contributed by atoms with Crippen LogP contribution < -0.4 is 0 Å². The Hall–Kier alpha value is -0.0800. The summed E-state index contributed by atoms with van der Waals surface area (Å²) in [6, 6.07) is 0. The smallest absolute Gasteiger partial charge is 0.0909 e. The molecule has 1 saturated heterocycles. The van der Waals surface area contributed by atoms with Gasteiger partial charge in [0, 0.05) is 13.7 Å². The minimum atomic E-state index is 0.0399. The SMILES string of the molecule is CCC1(OC)CCCOC1. The molecular weight excluding hydrogens is 128 g/mol. The van der Waals surface area contributed by atoms with Gasteiger partial charge in [-0.1, -0.05) is 6.92 Å². The third-order valence-corrected chi connectivity index (χ3v) is 2.36. The average Bonchev–Trinajstić information content (AvgIpc) is 2.06. The molecule has 1 rings (SSSR count). The largest absolute Gasteiger partial charge is 0.378 e. The first-order chi connectivity index (χ1) is 4.83. The Kier molecular flexibility index (Phi) is 2.69. The molecule has 1 aliphatic rings. The van der Waals surface area contributed by atoms with E-state index in [4.69, 9.17) is 9.47 Å². The van der Waals surface area contributed by atoms with Gasteiger partial charge >= 0.3 is 0 Å². The van der Waals surface area contributed by atoms with E-state index in [1.165, 1.54) is 0 Å². The molecule has 0 aromatic heterocycles. The van der Waals surface area contributed by atoms with Crippen LogP contribution in [0.15, 0.2) is 0 Å². The molecule has 1 heterocycles. The van der Waals surface area contributed by atoms with Crippen LogP contribution in [0.3, 0.4) is 0 Å². The minimum absolute atomic E-state index is 0.0399. The fourth-order valence-electron chi connectivity index (χ4n) is 1.41. The highest BCUT2D eigenvalue weighted by Gasteiger charge is 2.30. The maximum atomic E-state index is 5.40. The lowest BCUT2D eigenvalue weighted by Crippen LogP contribution is -2.39. The highest BCUT2D eigenvalue weighted by Crippen LogP contribution is 2.25. The predicted octanol–water partition coefficient (Wildman–Crippen LogP) is 1.59. The Morgan fingerprint density at radius 2 is 2.40 bits per heavy atom. The van der Waals surface area contributed by atoms with Crippen molar-refractivity contribution in [2.24, 2.45) is 0 Å². The fourth-order valence-corrected chi connectivity index (χ4v) is 1.41. The number of rotatable bonds is 2. The summed E-state index contributed by atoms with van der Waals surface area (Å²) in [5.74, 6) is 0. The maximum absolute atomic E-state index is 5.40. The molecule has 0 bridgehead atoms. The van der Waals surface area contributed by atoms with Crippen LogP contribution in [0.5, 0.6) is 0 Å². The molecule has 1 atom stereocenters. The lowest BCUT2D eigenvalue weighted by Gasteiger charge is -2.34. The maximum Gasteiger partial charge on any atom is 0.0909 e. The third-order valence-electron chi connectivity index (χ3n) is 2.36. The average molecular weight is 144 g/mol. The number of hydrogen-bond acceptors (Lipinski definition) is 2. The highest BCUT2D eigenvalue weighted by molar-refractivity contribution is 4.81. The lowest BCUT2D eigenvalue weighted by atomic mass is 9.94. The first-order valence-electron chi connectivity index (χ1n) is 3.96. The summed E-state index contributed by atoms with van der Waals surface area (Å²) in [5, 5.41) is 0. The quantitative estimate of drug-likeness (QED) is 0.586. The summed E-state index contributed by atoms with van der Waals surface area (Å²) in [6.07, 6.45) is 3.35. The van der Waals surface area contributed by atoms with Crippen molar-refractivity contribution in [1.82, 2.24) is 0 Å². The molecule has 1 fully saturated rings. The molecule has 0 saturated carbocycles. The van der Waals surface area contributed by atoms with Crippen molar-refractivity contribution in [3.05, 3.63) is 0 Å². The van der Waals surface area contributed by atoms with Crippen LogP contribution in [-0.2, 0) is 9.47 Å². The van der Waals surface area contributed by atoms with E-state index >= 15 is 0 Å². The van der Waals surface area contributed by atoms with Crippen molar-refractivity contribution in [1.29, 1.82) is 0 Å². The molecule has 2 nitrogen and oxygen atoms in total. The number of hydrogen-bond donors (Lipinski definition) is 0. The van der Waals surface area contributed by atoms with Gasteiger partial charge in [0.15, 0.2) is 0 Å². The summed E-state index contributed by atoms with van der Waals surface area (Å²) in [6.45, 7) is 3.84. The molecule has 0 aromatic rings. The van der Waals surface area contributed by atoms with Gasteiger partial charge in [0.2, 0.25) is 0 Å². The monoisotopic (exact) mass is 144 g/mol. The van der Waals surface area contributed by atoms with Crippen LogP contribution in [0.1, 0.15) is 26.2 Å². The zero-order chi connectivity index (χ0) is 7.45.